The Morgan fingerprint density at radius 1 is 1.38 bits per heavy atom. The van der Waals surface area contributed by atoms with Crippen molar-refractivity contribution in [3.05, 3.63) is 28.8 Å². The van der Waals surface area contributed by atoms with Crippen molar-refractivity contribution in [2.75, 3.05) is 18.0 Å². The molecule has 2 aliphatic rings. The molecule has 128 valence electrons. The Balaban J connectivity index is 1.86. The van der Waals surface area contributed by atoms with Gasteiger partial charge in [-0.3, -0.25) is 4.79 Å². The average molecular weight is 450 g/mol. The molecule has 1 saturated carbocycles. The van der Waals surface area contributed by atoms with Gasteiger partial charge in [-0.25, -0.2) is 0 Å². The molecule has 1 aromatic rings. The van der Waals surface area contributed by atoms with Crippen molar-refractivity contribution in [1.82, 2.24) is 0 Å². The quantitative estimate of drug-likeness (QED) is 0.647. The van der Waals surface area contributed by atoms with Gasteiger partial charge in [-0.1, -0.05) is 0 Å². The lowest BCUT2D eigenvalue weighted by Crippen LogP contribution is -2.47. The zero-order valence-electron chi connectivity index (χ0n) is 12.6. The van der Waals surface area contributed by atoms with Crippen LogP contribution in [0.2, 0.25) is 0 Å². The van der Waals surface area contributed by atoms with Gasteiger partial charge >= 0.3 is 12.1 Å². The number of hydrogen-bond donors (Lipinski definition) is 0. The minimum Gasteiger partial charge on any atom is -0.394 e. The fourth-order valence-electron chi connectivity index (χ4n) is 3.07. The summed E-state index contributed by atoms with van der Waals surface area (Å²) in [6, 6.07) is 4.50. The fourth-order valence-corrected chi connectivity index (χ4v) is 3.25. The summed E-state index contributed by atoms with van der Waals surface area (Å²) < 4.78 is 44.6. The van der Waals surface area contributed by atoms with Crippen LogP contribution >= 0.6 is 23.0 Å². The Labute approximate surface area is 151 Å². The third-order valence-corrected chi connectivity index (χ3v) is 4.94. The number of rotatable bonds is 4. The molecule has 2 fully saturated rings. The Kier molecular flexibility index (Phi) is 4.64. The van der Waals surface area contributed by atoms with Crippen LogP contribution in [0.3, 0.4) is 0 Å². The largest absolute Gasteiger partial charge is 0.417 e. The monoisotopic (exact) mass is 450 g/mol. The molecule has 4 nitrogen and oxygen atoms in total. The third kappa shape index (κ3) is 3.45. The van der Waals surface area contributed by atoms with E-state index >= 15 is 0 Å². The first-order chi connectivity index (χ1) is 11.3. The summed E-state index contributed by atoms with van der Waals surface area (Å²) in [5, 5.41) is 9.19. The third-order valence-electron chi connectivity index (χ3n) is 4.45. The highest BCUT2D eigenvalue weighted by atomic mass is 127. The lowest BCUT2D eigenvalue weighted by molar-refractivity contribution is -0.137. The van der Waals surface area contributed by atoms with E-state index in [1.807, 2.05) is 4.90 Å². The molecule has 24 heavy (non-hydrogen) atoms. The maximum absolute atomic E-state index is 13.3. The smallest absolute Gasteiger partial charge is 0.394 e. The SMILES string of the molecule is N#Cc1c(C2CC2)cc(N2CC(CC(=O)OI)C2)cc1C(F)(F)F. The summed E-state index contributed by atoms with van der Waals surface area (Å²) >= 11 is 1.52. The van der Waals surface area contributed by atoms with Gasteiger partial charge in [-0.05, 0) is 36.5 Å². The summed E-state index contributed by atoms with van der Waals surface area (Å²) in [6.07, 6.45) is -2.66. The topological polar surface area (TPSA) is 53.3 Å². The second kappa shape index (κ2) is 6.43. The maximum atomic E-state index is 13.3. The predicted octanol–water partition coefficient (Wildman–Crippen LogP) is 4.17. The molecule has 0 atom stereocenters. The van der Waals surface area contributed by atoms with Crippen molar-refractivity contribution in [3.8, 4) is 6.07 Å². The summed E-state index contributed by atoms with van der Waals surface area (Å²) in [5.41, 5.74) is -0.140. The molecule has 0 unspecified atom stereocenters. The van der Waals surface area contributed by atoms with E-state index in [0.717, 1.165) is 18.9 Å². The number of nitriles is 1. The van der Waals surface area contributed by atoms with Crippen molar-refractivity contribution >= 4 is 34.7 Å². The molecule has 1 aromatic carbocycles. The van der Waals surface area contributed by atoms with Crippen LogP contribution in [-0.4, -0.2) is 19.1 Å². The summed E-state index contributed by atoms with van der Waals surface area (Å²) in [5.74, 6) is -0.192. The van der Waals surface area contributed by atoms with Crippen LogP contribution in [0.1, 0.15) is 41.9 Å². The van der Waals surface area contributed by atoms with Crippen molar-refractivity contribution in [1.29, 1.82) is 5.26 Å². The minimum atomic E-state index is -4.56. The molecular formula is C16H14F3IN2O2. The second-order valence-corrected chi connectivity index (χ2v) is 6.71. The van der Waals surface area contributed by atoms with Gasteiger partial charge in [-0.2, -0.15) is 18.4 Å². The van der Waals surface area contributed by atoms with E-state index in [4.69, 9.17) is 0 Å². The van der Waals surface area contributed by atoms with Gasteiger partial charge in [0.2, 0.25) is 0 Å². The van der Waals surface area contributed by atoms with Crippen LogP contribution in [0.15, 0.2) is 12.1 Å². The van der Waals surface area contributed by atoms with E-state index in [0.29, 0.717) is 24.3 Å². The first kappa shape index (κ1) is 17.3. The summed E-state index contributed by atoms with van der Waals surface area (Å²) in [7, 11) is 0. The minimum absolute atomic E-state index is 0.0479. The van der Waals surface area contributed by atoms with E-state index < -0.39 is 11.7 Å². The van der Waals surface area contributed by atoms with Crippen molar-refractivity contribution in [2.24, 2.45) is 5.92 Å². The first-order valence-corrected chi connectivity index (χ1v) is 8.43. The number of nitrogens with zero attached hydrogens (tertiary/aromatic N) is 2. The lowest BCUT2D eigenvalue weighted by atomic mass is 9.92. The van der Waals surface area contributed by atoms with Gasteiger partial charge < -0.3 is 7.97 Å². The summed E-state index contributed by atoms with van der Waals surface area (Å²) in [4.78, 5) is 13.1. The molecule has 1 aliphatic carbocycles. The van der Waals surface area contributed by atoms with E-state index in [2.05, 4.69) is 3.07 Å². The van der Waals surface area contributed by atoms with Crippen molar-refractivity contribution in [3.63, 3.8) is 0 Å². The van der Waals surface area contributed by atoms with Crippen LogP contribution in [0.25, 0.3) is 0 Å². The number of benzene rings is 1. The van der Waals surface area contributed by atoms with Gasteiger partial charge in [-0.15, -0.1) is 0 Å². The fraction of sp³-hybridized carbons (Fsp3) is 0.500. The van der Waals surface area contributed by atoms with Gasteiger partial charge in [0.25, 0.3) is 0 Å². The highest BCUT2D eigenvalue weighted by Crippen LogP contribution is 2.47. The number of hydrogen-bond acceptors (Lipinski definition) is 4. The molecule has 1 aliphatic heterocycles. The van der Waals surface area contributed by atoms with Crippen LogP contribution in [-0.2, 0) is 14.0 Å². The molecule has 0 aromatic heterocycles. The molecule has 8 heteroatoms. The maximum Gasteiger partial charge on any atom is 0.417 e. The second-order valence-electron chi connectivity index (χ2n) is 6.27. The molecule has 0 amide bonds. The Hall–Kier alpha value is -1.50. The molecule has 0 bridgehead atoms. The number of carbonyl (C=O) groups is 1. The normalized spacial score (nSPS) is 18.0. The van der Waals surface area contributed by atoms with Gasteiger partial charge in [0.15, 0.2) is 23.0 Å². The van der Waals surface area contributed by atoms with E-state index in [-0.39, 0.29) is 29.8 Å². The zero-order chi connectivity index (χ0) is 17.5. The number of carbonyl (C=O) groups excluding carboxylic acids is 1. The Morgan fingerprint density at radius 3 is 2.54 bits per heavy atom. The molecule has 0 radical (unpaired) electrons. The van der Waals surface area contributed by atoms with Crippen LogP contribution in [0.4, 0.5) is 18.9 Å². The van der Waals surface area contributed by atoms with E-state index in [9.17, 15) is 23.2 Å². The van der Waals surface area contributed by atoms with Crippen LogP contribution in [0, 0.1) is 17.2 Å². The summed E-state index contributed by atoms with van der Waals surface area (Å²) in [6.45, 7) is 1.03. The van der Waals surface area contributed by atoms with Crippen LogP contribution < -0.4 is 4.90 Å². The number of halogens is 4. The highest BCUT2D eigenvalue weighted by Gasteiger charge is 2.39. The van der Waals surface area contributed by atoms with Crippen molar-refractivity contribution in [2.45, 2.75) is 31.4 Å². The highest BCUT2D eigenvalue weighted by molar-refractivity contribution is 14.1. The molecular weight excluding hydrogens is 436 g/mol. The van der Waals surface area contributed by atoms with Gasteiger partial charge in [0.1, 0.15) is 6.07 Å². The van der Waals surface area contributed by atoms with Gasteiger partial charge in [0.05, 0.1) is 17.5 Å². The van der Waals surface area contributed by atoms with Crippen LogP contribution in [0.5, 0.6) is 0 Å². The average Bonchev–Trinajstić information content (AvgIpc) is 3.32. The molecule has 0 N–H and O–H groups in total. The predicted molar refractivity (Wildman–Crippen MR) is 88.6 cm³/mol. The molecule has 1 heterocycles. The van der Waals surface area contributed by atoms with Gasteiger partial charge in [0, 0.05) is 24.7 Å². The van der Waals surface area contributed by atoms with E-state index in [1.54, 1.807) is 12.1 Å². The van der Waals surface area contributed by atoms with E-state index in [1.165, 1.54) is 23.0 Å². The molecule has 3 rings (SSSR count). The number of alkyl halides is 3. The molecule has 1 saturated heterocycles. The number of anilines is 1. The first-order valence-electron chi connectivity index (χ1n) is 7.55. The Bertz CT molecular complexity index is 704. The zero-order valence-corrected chi connectivity index (χ0v) is 14.7. The Morgan fingerprint density at radius 2 is 2.04 bits per heavy atom. The standard InChI is InChI=1S/C16H14F3IN2O2/c17-16(18,19)14-5-11(4-12(10-1-2-10)13(14)6-21)22-7-9(8-22)3-15(23)24-20/h4-5,9-10H,1-3,7-8H2. The molecule has 0 spiro atoms. The lowest BCUT2D eigenvalue weighted by Gasteiger charge is -2.41. The van der Waals surface area contributed by atoms with Crippen molar-refractivity contribution < 1.29 is 21.0 Å².